The molecule has 0 aliphatic carbocycles. The topological polar surface area (TPSA) is 89.3 Å². The molecule has 0 aliphatic heterocycles. The van der Waals surface area contributed by atoms with Gasteiger partial charge in [-0.05, 0) is 44.0 Å². The third-order valence-electron chi connectivity index (χ3n) is 3.87. The van der Waals surface area contributed by atoms with Crippen LogP contribution in [0, 0.1) is 13.8 Å². The zero-order valence-electron chi connectivity index (χ0n) is 14.4. The van der Waals surface area contributed by atoms with Crippen LogP contribution in [-0.2, 0) is 11.2 Å². The first-order valence-corrected chi connectivity index (χ1v) is 8.94. The highest BCUT2D eigenvalue weighted by Crippen LogP contribution is 2.22. The molecule has 0 bridgehead atoms. The van der Waals surface area contributed by atoms with Crippen LogP contribution in [0.3, 0.4) is 0 Å². The van der Waals surface area contributed by atoms with Gasteiger partial charge in [-0.1, -0.05) is 12.1 Å². The number of hydrogen-bond acceptors (Lipinski definition) is 4. The van der Waals surface area contributed by atoms with E-state index in [1.54, 1.807) is 29.5 Å². The molecular formula is C19H22N2O3S. The molecule has 0 fully saturated rings. The lowest BCUT2D eigenvalue weighted by atomic mass is 10.1. The Balaban J connectivity index is 1.76. The van der Waals surface area contributed by atoms with Crippen LogP contribution in [-0.4, -0.2) is 24.1 Å². The molecule has 3 N–H and O–H groups in total. The lowest BCUT2D eigenvalue weighted by Gasteiger charge is -2.06. The molecule has 2 aromatic rings. The second kappa shape index (κ2) is 8.58. The van der Waals surface area contributed by atoms with E-state index in [4.69, 9.17) is 5.73 Å². The summed E-state index contributed by atoms with van der Waals surface area (Å²) in [6.07, 6.45) is 0.984. The number of nitrogens with one attached hydrogen (secondary N) is 1. The Labute approximate surface area is 151 Å². The average molecular weight is 358 g/mol. The van der Waals surface area contributed by atoms with Gasteiger partial charge in [0.2, 0.25) is 11.8 Å². The molecule has 0 saturated carbocycles. The van der Waals surface area contributed by atoms with Crippen molar-refractivity contribution in [2.75, 3.05) is 6.54 Å². The van der Waals surface area contributed by atoms with Crippen molar-refractivity contribution in [1.82, 2.24) is 5.32 Å². The quantitative estimate of drug-likeness (QED) is 0.711. The zero-order valence-corrected chi connectivity index (χ0v) is 15.2. The van der Waals surface area contributed by atoms with E-state index >= 15 is 0 Å². The van der Waals surface area contributed by atoms with Crippen molar-refractivity contribution in [2.45, 2.75) is 33.1 Å². The van der Waals surface area contributed by atoms with Gasteiger partial charge in [0.25, 0.3) is 0 Å². The summed E-state index contributed by atoms with van der Waals surface area (Å²) in [7, 11) is 0. The minimum Gasteiger partial charge on any atom is -0.366 e. The normalized spacial score (nSPS) is 10.5. The van der Waals surface area contributed by atoms with E-state index in [-0.39, 0.29) is 24.5 Å². The van der Waals surface area contributed by atoms with Crippen LogP contribution in [0.15, 0.2) is 30.3 Å². The van der Waals surface area contributed by atoms with Gasteiger partial charge in [0.15, 0.2) is 5.78 Å². The van der Waals surface area contributed by atoms with E-state index in [0.29, 0.717) is 18.5 Å². The van der Waals surface area contributed by atoms with Crippen LogP contribution < -0.4 is 11.1 Å². The predicted molar refractivity (Wildman–Crippen MR) is 99.0 cm³/mol. The van der Waals surface area contributed by atoms with E-state index in [1.165, 1.54) is 0 Å². The lowest BCUT2D eigenvalue weighted by molar-refractivity contribution is -0.121. The molecule has 0 aliphatic rings. The second-order valence-corrected chi connectivity index (χ2v) is 7.38. The first-order valence-electron chi connectivity index (χ1n) is 8.12. The van der Waals surface area contributed by atoms with Crippen LogP contribution in [0.1, 0.15) is 48.9 Å². The van der Waals surface area contributed by atoms with E-state index in [2.05, 4.69) is 5.32 Å². The van der Waals surface area contributed by atoms with Gasteiger partial charge in [0, 0.05) is 40.3 Å². The summed E-state index contributed by atoms with van der Waals surface area (Å²) in [6.45, 7) is 4.34. The maximum atomic E-state index is 12.2. The number of primary amides is 1. The summed E-state index contributed by atoms with van der Waals surface area (Å²) < 4.78 is 0. The summed E-state index contributed by atoms with van der Waals surface area (Å²) in [5.74, 6) is -0.612. The lowest BCUT2D eigenvalue weighted by Crippen LogP contribution is -2.26. The molecule has 0 radical (unpaired) electrons. The summed E-state index contributed by atoms with van der Waals surface area (Å²) >= 11 is 1.59. The van der Waals surface area contributed by atoms with E-state index in [0.717, 1.165) is 20.9 Å². The number of amides is 2. The Kier molecular flexibility index (Phi) is 6.47. The summed E-state index contributed by atoms with van der Waals surface area (Å²) in [5.41, 5.74) is 7.35. The van der Waals surface area contributed by atoms with Crippen molar-refractivity contribution in [1.29, 1.82) is 0 Å². The van der Waals surface area contributed by atoms with Gasteiger partial charge in [-0.3, -0.25) is 14.4 Å². The number of thiophene rings is 1. The molecule has 1 aromatic heterocycles. The van der Waals surface area contributed by atoms with E-state index in [9.17, 15) is 14.4 Å². The molecule has 0 atom stereocenters. The molecule has 0 spiro atoms. The number of Topliss-reactive ketones (excluding diaryl/α,β-unsaturated/α-hetero) is 1. The number of aryl methyl sites for hydroxylation is 2. The third-order valence-corrected chi connectivity index (χ3v) is 4.83. The Hall–Kier alpha value is -2.47. The van der Waals surface area contributed by atoms with Crippen molar-refractivity contribution in [3.63, 3.8) is 0 Å². The molecule has 0 unspecified atom stereocenters. The minimum absolute atomic E-state index is 0.00570. The zero-order chi connectivity index (χ0) is 18.4. The van der Waals surface area contributed by atoms with Crippen LogP contribution in [0.25, 0.3) is 0 Å². The van der Waals surface area contributed by atoms with Gasteiger partial charge in [-0.2, -0.15) is 0 Å². The van der Waals surface area contributed by atoms with E-state index in [1.807, 2.05) is 26.0 Å². The molecule has 25 heavy (non-hydrogen) atoms. The monoisotopic (exact) mass is 358 g/mol. The fourth-order valence-corrected chi connectivity index (χ4v) is 3.53. The number of benzene rings is 1. The Morgan fingerprint density at radius 2 is 1.88 bits per heavy atom. The SMILES string of the molecule is Cc1cc(C(=O)CCC(=O)NCCc2cccc(C(N)=O)c2)c(C)s1. The molecule has 2 amide bonds. The largest absolute Gasteiger partial charge is 0.366 e. The number of hydrogen-bond donors (Lipinski definition) is 2. The molecule has 1 heterocycles. The molecule has 5 nitrogen and oxygen atoms in total. The van der Waals surface area contributed by atoms with Gasteiger partial charge in [0.1, 0.15) is 0 Å². The minimum atomic E-state index is -0.469. The van der Waals surface area contributed by atoms with Crippen molar-refractivity contribution >= 4 is 28.9 Å². The second-order valence-electron chi connectivity index (χ2n) is 5.91. The first-order chi connectivity index (χ1) is 11.9. The Bertz CT molecular complexity index is 796. The predicted octanol–water partition coefficient (Wildman–Crippen LogP) is 2.79. The van der Waals surface area contributed by atoms with E-state index < -0.39 is 5.91 Å². The van der Waals surface area contributed by atoms with Crippen molar-refractivity contribution < 1.29 is 14.4 Å². The smallest absolute Gasteiger partial charge is 0.248 e. The van der Waals surface area contributed by atoms with Crippen LogP contribution in [0.5, 0.6) is 0 Å². The number of carbonyl (C=O) groups is 3. The van der Waals surface area contributed by atoms with Crippen molar-refractivity contribution in [3.05, 3.63) is 56.8 Å². The third kappa shape index (κ3) is 5.53. The summed E-state index contributed by atoms with van der Waals surface area (Å²) in [4.78, 5) is 37.3. The van der Waals surface area contributed by atoms with Gasteiger partial charge in [-0.15, -0.1) is 11.3 Å². The highest BCUT2D eigenvalue weighted by molar-refractivity contribution is 7.12. The molecule has 1 aromatic carbocycles. The molecular weight excluding hydrogens is 336 g/mol. The molecule has 132 valence electrons. The van der Waals surface area contributed by atoms with Crippen LogP contribution >= 0.6 is 11.3 Å². The molecule has 0 saturated heterocycles. The number of ketones is 1. The first kappa shape index (κ1) is 18.9. The maximum absolute atomic E-state index is 12.2. The molecule has 6 heteroatoms. The summed E-state index contributed by atoms with van der Waals surface area (Å²) in [5, 5.41) is 2.80. The summed E-state index contributed by atoms with van der Waals surface area (Å²) in [6, 6.07) is 8.90. The number of carbonyl (C=O) groups excluding carboxylic acids is 3. The fourth-order valence-electron chi connectivity index (χ4n) is 2.58. The van der Waals surface area contributed by atoms with Gasteiger partial charge in [-0.25, -0.2) is 0 Å². The number of rotatable bonds is 8. The van der Waals surface area contributed by atoms with Crippen molar-refractivity contribution in [2.24, 2.45) is 5.73 Å². The standard InChI is InChI=1S/C19H22N2O3S/c1-12-10-16(13(2)25-12)17(22)6-7-18(23)21-9-8-14-4-3-5-15(11-14)19(20)24/h3-5,10-11H,6-9H2,1-2H3,(H2,20,24)(H,21,23). The van der Waals surface area contributed by atoms with Crippen LogP contribution in [0.4, 0.5) is 0 Å². The highest BCUT2D eigenvalue weighted by Gasteiger charge is 2.13. The number of nitrogens with two attached hydrogens (primary N) is 1. The highest BCUT2D eigenvalue weighted by atomic mass is 32.1. The van der Waals surface area contributed by atoms with Gasteiger partial charge < -0.3 is 11.1 Å². The average Bonchev–Trinajstić information content (AvgIpc) is 2.91. The van der Waals surface area contributed by atoms with Crippen molar-refractivity contribution in [3.8, 4) is 0 Å². The van der Waals surface area contributed by atoms with Gasteiger partial charge in [0.05, 0.1) is 0 Å². The van der Waals surface area contributed by atoms with Crippen LogP contribution in [0.2, 0.25) is 0 Å². The molecule has 2 rings (SSSR count). The Morgan fingerprint density at radius 3 is 2.52 bits per heavy atom. The Morgan fingerprint density at radius 1 is 1.12 bits per heavy atom. The van der Waals surface area contributed by atoms with Gasteiger partial charge >= 0.3 is 0 Å². The maximum Gasteiger partial charge on any atom is 0.248 e. The fraction of sp³-hybridized carbons (Fsp3) is 0.316.